The van der Waals surface area contributed by atoms with Crippen molar-refractivity contribution in [1.82, 2.24) is 4.31 Å². The van der Waals surface area contributed by atoms with Gasteiger partial charge in [0, 0.05) is 24.0 Å². The highest BCUT2D eigenvalue weighted by Crippen LogP contribution is 2.27. The summed E-state index contributed by atoms with van der Waals surface area (Å²) in [6.45, 7) is 0.722. The number of carbonyl (C=O) groups is 1. The van der Waals surface area contributed by atoms with Crippen LogP contribution in [-0.4, -0.2) is 37.5 Å². The van der Waals surface area contributed by atoms with Crippen LogP contribution in [0.4, 0.5) is 5.69 Å². The van der Waals surface area contributed by atoms with E-state index in [-0.39, 0.29) is 17.6 Å². The van der Waals surface area contributed by atoms with Crippen LogP contribution in [0.5, 0.6) is 0 Å². The molecule has 1 fully saturated rings. The molecule has 0 radical (unpaired) electrons. The van der Waals surface area contributed by atoms with E-state index in [0.717, 1.165) is 12.0 Å². The maximum absolute atomic E-state index is 12.6. The minimum atomic E-state index is -3.31. The quantitative estimate of drug-likeness (QED) is 0.663. The van der Waals surface area contributed by atoms with E-state index in [4.69, 9.17) is 23.2 Å². The molecule has 1 aliphatic heterocycles. The lowest BCUT2D eigenvalue weighted by Crippen LogP contribution is -2.42. The van der Waals surface area contributed by atoms with Crippen LogP contribution in [0.3, 0.4) is 0 Å². The maximum atomic E-state index is 12.6. The van der Waals surface area contributed by atoms with Crippen LogP contribution in [0.25, 0.3) is 0 Å². The number of sulfonamides is 1. The van der Waals surface area contributed by atoms with Gasteiger partial charge in [-0.1, -0.05) is 53.5 Å². The number of nitrogens with zero attached hydrogens (tertiary/aromatic N) is 1. The van der Waals surface area contributed by atoms with Crippen LogP contribution in [0.15, 0.2) is 48.5 Å². The zero-order valence-corrected chi connectivity index (χ0v) is 18.3. The second-order valence-electron chi connectivity index (χ2n) is 7.19. The third-order valence-corrected chi connectivity index (χ3v) is 7.62. The van der Waals surface area contributed by atoms with Gasteiger partial charge in [0.15, 0.2) is 0 Å². The van der Waals surface area contributed by atoms with Crippen molar-refractivity contribution in [2.24, 2.45) is 5.92 Å². The normalized spacial score (nSPS) is 15.9. The second-order valence-corrected chi connectivity index (χ2v) is 10.1. The fraction of sp³-hybridized carbons (Fsp3) is 0.381. The number of amides is 1. The van der Waals surface area contributed by atoms with Crippen molar-refractivity contribution in [2.75, 3.05) is 24.2 Å². The van der Waals surface area contributed by atoms with Crippen molar-refractivity contribution >= 4 is 44.8 Å². The number of carbonyl (C=O) groups excluding carboxylic acids is 1. The molecule has 0 saturated carbocycles. The molecule has 156 valence electrons. The molecule has 1 aliphatic rings. The van der Waals surface area contributed by atoms with Crippen LogP contribution in [0, 0.1) is 5.92 Å². The van der Waals surface area contributed by atoms with E-state index in [1.807, 2.05) is 30.3 Å². The van der Waals surface area contributed by atoms with E-state index in [2.05, 4.69) is 5.32 Å². The summed E-state index contributed by atoms with van der Waals surface area (Å²) in [5, 5.41) is 3.69. The molecule has 1 amide bonds. The predicted molar refractivity (Wildman–Crippen MR) is 118 cm³/mol. The molecule has 0 aromatic heterocycles. The van der Waals surface area contributed by atoms with E-state index < -0.39 is 10.0 Å². The summed E-state index contributed by atoms with van der Waals surface area (Å²) in [4.78, 5) is 12.5. The predicted octanol–water partition coefficient (Wildman–Crippen LogP) is 4.61. The van der Waals surface area contributed by atoms with Crippen molar-refractivity contribution in [3.63, 3.8) is 0 Å². The van der Waals surface area contributed by atoms with E-state index in [0.29, 0.717) is 48.1 Å². The van der Waals surface area contributed by atoms with Gasteiger partial charge in [-0.05, 0) is 49.4 Å². The summed E-state index contributed by atoms with van der Waals surface area (Å²) < 4.78 is 26.7. The molecule has 0 atom stereocenters. The highest BCUT2D eigenvalue weighted by atomic mass is 35.5. The number of rotatable bonds is 7. The summed E-state index contributed by atoms with van der Waals surface area (Å²) in [5.74, 6) is -0.257. The van der Waals surface area contributed by atoms with Crippen molar-refractivity contribution in [1.29, 1.82) is 0 Å². The molecule has 2 aromatic rings. The Morgan fingerprint density at radius 2 is 1.76 bits per heavy atom. The zero-order chi connectivity index (χ0) is 20.9. The summed E-state index contributed by atoms with van der Waals surface area (Å²) in [7, 11) is -3.31. The first-order valence-electron chi connectivity index (χ1n) is 9.63. The highest BCUT2D eigenvalue weighted by molar-refractivity contribution is 7.89. The van der Waals surface area contributed by atoms with Crippen LogP contribution >= 0.6 is 23.2 Å². The number of piperidine rings is 1. The Kier molecular flexibility index (Phi) is 7.57. The molecular weight excluding hydrogens is 431 g/mol. The average Bonchev–Trinajstić information content (AvgIpc) is 2.71. The Morgan fingerprint density at radius 3 is 2.41 bits per heavy atom. The smallest absolute Gasteiger partial charge is 0.227 e. The van der Waals surface area contributed by atoms with Gasteiger partial charge in [0.1, 0.15) is 0 Å². The van der Waals surface area contributed by atoms with Crippen molar-refractivity contribution in [2.45, 2.75) is 25.7 Å². The van der Waals surface area contributed by atoms with Crippen LogP contribution in [0.1, 0.15) is 24.8 Å². The fourth-order valence-corrected chi connectivity index (χ4v) is 5.44. The summed E-state index contributed by atoms with van der Waals surface area (Å²) in [5.41, 5.74) is 1.65. The van der Waals surface area contributed by atoms with Crippen LogP contribution in [0.2, 0.25) is 10.0 Å². The van der Waals surface area contributed by atoms with Gasteiger partial charge in [-0.25, -0.2) is 12.7 Å². The molecule has 29 heavy (non-hydrogen) atoms. The third kappa shape index (κ3) is 6.19. The molecule has 1 N–H and O–H groups in total. The van der Waals surface area contributed by atoms with Gasteiger partial charge in [-0.3, -0.25) is 4.79 Å². The summed E-state index contributed by atoms with van der Waals surface area (Å²) >= 11 is 12.0. The lowest BCUT2D eigenvalue weighted by atomic mass is 9.97. The third-order valence-electron chi connectivity index (χ3n) is 5.12. The molecular formula is C21H24Cl2N2O3S. The first-order valence-corrected chi connectivity index (χ1v) is 12.0. The van der Waals surface area contributed by atoms with E-state index in [1.54, 1.807) is 18.2 Å². The molecule has 0 aliphatic carbocycles. The SMILES string of the molecule is O=C(Nc1ccc(Cl)cc1Cl)C1CCN(S(=O)(=O)CCCc2ccccc2)CC1. The van der Waals surface area contributed by atoms with Crippen molar-refractivity contribution < 1.29 is 13.2 Å². The Bertz CT molecular complexity index is 944. The van der Waals surface area contributed by atoms with Gasteiger partial charge in [-0.15, -0.1) is 0 Å². The molecule has 3 rings (SSSR count). The minimum Gasteiger partial charge on any atom is -0.325 e. The highest BCUT2D eigenvalue weighted by Gasteiger charge is 2.31. The molecule has 5 nitrogen and oxygen atoms in total. The number of halogens is 2. The van der Waals surface area contributed by atoms with Crippen molar-refractivity contribution in [3.8, 4) is 0 Å². The minimum absolute atomic E-state index is 0.124. The molecule has 0 unspecified atom stereocenters. The summed E-state index contributed by atoms with van der Waals surface area (Å²) in [6, 6.07) is 14.8. The Labute approximate surface area is 182 Å². The van der Waals surface area contributed by atoms with Crippen LogP contribution < -0.4 is 5.32 Å². The zero-order valence-electron chi connectivity index (χ0n) is 16.0. The van der Waals surface area contributed by atoms with Gasteiger partial charge in [0.05, 0.1) is 16.5 Å². The number of aryl methyl sites for hydroxylation is 1. The number of hydrogen-bond acceptors (Lipinski definition) is 3. The molecule has 2 aromatic carbocycles. The monoisotopic (exact) mass is 454 g/mol. The number of hydrogen-bond donors (Lipinski definition) is 1. The molecule has 8 heteroatoms. The standard InChI is InChI=1S/C21H24Cl2N2O3S/c22-18-8-9-20(19(23)15-18)24-21(26)17-10-12-25(13-11-17)29(27,28)14-4-7-16-5-2-1-3-6-16/h1-3,5-6,8-9,15,17H,4,7,10-14H2,(H,24,26). The number of anilines is 1. The lowest BCUT2D eigenvalue weighted by Gasteiger charge is -2.30. The largest absolute Gasteiger partial charge is 0.325 e. The lowest BCUT2D eigenvalue weighted by molar-refractivity contribution is -0.120. The molecule has 1 saturated heterocycles. The Hall–Kier alpha value is -1.60. The molecule has 0 spiro atoms. The average molecular weight is 455 g/mol. The molecule has 1 heterocycles. The maximum Gasteiger partial charge on any atom is 0.227 e. The fourth-order valence-electron chi connectivity index (χ4n) is 3.45. The first-order chi connectivity index (χ1) is 13.8. The van der Waals surface area contributed by atoms with E-state index in [1.165, 1.54) is 4.31 Å². The van der Waals surface area contributed by atoms with Gasteiger partial charge >= 0.3 is 0 Å². The van der Waals surface area contributed by atoms with Crippen molar-refractivity contribution in [3.05, 3.63) is 64.1 Å². The van der Waals surface area contributed by atoms with Gasteiger partial charge < -0.3 is 5.32 Å². The topological polar surface area (TPSA) is 66.5 Å². The van der Waals surface area contributed by atoms with E-state index >= 15 is 0 Å². The van der Waals surface area contributed by atoms with Gasteiger partial charge in [0.25, 0.3) is 0 Å². The Balaban J connectivity index is 1.48. The summed E-state index contributed by atoms with van der Waals surface area (Å²) in [6.07, 6.45) is 2.31. The second kappa shape index (κ2) is 9.94. The first kappa shape index (κ1) is 22.1. The molecule has 0 bridgehead atoms. The Morgan fingerprint density at radius 1 is 1.07 bits per heavy atom. The number of nitrogens with one attached hydrogen (secondary N) is 1. The number of benzene rings is 2. The van der Waals surface area contributed by atoms with Gasteiger partial charge in [-0.2, -0.15) is 0 Å². The van der Waals surface area contributed by atoms with Crippen LogP contribution in [-0.2, 0) is 21.2 Å². The van der Waals surface area contributed by atoms with E-state index in [9.17, 15) is 13.2 Å². The van der Waals surface area contributed by atoms with Gasteiger partial charge in [0.2, 0.25) is 15.9 Å².